The van der Waals surface area contributed by atoms with E-state index < -0.39 is 0 Å². The monoisotopic (exact) mass is 402 g/mol. The first-order valence-corrected chi connectivity index (χ1v) is 10.0. The van der Waals surface area contributed by atoms with Crippen LogP contribution >= 0.6 is 22.9 Å². The highest BCUT2D eigenvalue weighted by molar-refractivity contribution is 7.13. The normalized spacial score (nSPS) is 11.0. The predicted octanol–water partition coefficient (Wildman–Crippen LogP) is 5.50. The summed E-state index contributed by atoms with van der Waals surface area (Å²) in [6.07, 6.45) is 0. The van der Waals surface area contributed by atoms with Gasteiger partial charge in [-0.25, -0.2) is 4.98 Å². The Bertz CT molecular complexity index is 897. The Labute approximate surface area is 169 Å². The number of rotatable bonds is 8. The van der Waals surface area contributed by atoms with Crippen molar-refractivity contribution in [1.82, 2.24) is 9.88 Å². The molecule has 2 aromatic carbocycles. The molecule has 3 rings (SSSR count). The highest BCUT2D eigenvalue weighted by Gasteiger charge is 2.13. The lowest BCUT2D eigenvalue weighted by Gasteiger charge is -2.19. The highest BCUT2D eigenvalue weighted by atomic mass is 35.5. The molecule has 0 spiro atoms. The minimum absolute atomic E-state index is 0.765. The standard InChI is InChI=1S/C21H23ClN2O2S/c1-4-24(12-15-6-5-7-16(22)10-15)13-17-14-27-21(23-17)19-9-8-18(25-2)11-20(19)26-3/h5-11,14H,4,12-13H2,1-3H3. The van der Waals surface area contributed by atoms with Gasteiger partial charge in [-0.2, -0.15) is 0 Å². The van der Waals surface area contributed by atoms with Crippen LogP contribution < -0.4 is 9.47 Å². The lowest BCUT2D eigenvalue weighted by molar-refractivity contribution is 0.269. The Morgan fingerprint density at radius 3 is 2.63 bits per heavy atom. The van der Waals surface area contributed by atoms with Gasteiger partial charge in [-0.1, -0.05) is 30.7 Å². The minimum Gasteiger partial charge on any atom is -0.497 e. The average Bonchev–Trinajstić information content (AvgIpc) is 3.15. The molecular formula is C21H23ClN2O2S. The first-order chi connectivity index (χ1) is 13.1. The molecule has 4 nitrogen and oxygen atoms in total. The second kappa shape index (κ2) is 9.22. The topological polar surface area (TPSA) is 34.6 Å². The maximum atomic E-state index is 6.10. The lowest BCUT2D eigenvalue weighted by Crippen LogP contribution is -2.22. The second-order valence-corrected chi connectivity index (χ2v) is 7.44. The van der Waals surface area contributed by atoms with Gasteiger partial charge < -0.3 is 9.47 Å². The molecule has 0 N–H and O–H groups in total. The fourth-order valence-electron chi connectivity index (χ4n) is 2.88. The summed E-state index contributed by atoms with van der Waals surface area (Å²) >= 11 is 7.73. The summed E-state index contributed by atoms with van der Waals surface area (Å²) in [5, 5.41) is 3.83. The third-order valence-corrected chi connectivity index (χ3v) is 5.48. The molecule has 0 fully saturated rings. The number of ether oxygens (including phenoxy) is 2. The maximum absolute atomic E-state index is 6.10. The van der Waals surface area contributed by atoms with E-state index in [1.54, 1.807) is 25.6 Å². The Hall–Kier alpha value is -2.08. The average molecular weight is 403 g/mol. The fraction of sp³-hybridized carbons (Fsp3) is 0.286. The molecule has 3 aromatic rings. The number of halogens is 1. The van der Waals surface area contributed by atoms with Crippen LogP contribution in [0.4, 0.5) is 0 Å². The zero-order valence-electron chi connectivity index (χ0n) is 15.7. The van der Waals surface area contributed by atoms with E-state index in [1.165, 1.54) is 5.56 Å². The molecule has 0 atom stereocenters. The summed E-state index contributed by atoms with van der Waals surface area (Å²) in [4.78, 5) is 7.16. The van der Waals surface area contributed by atoms with Crippen LogP contribution in [0.2, 0.25) is 5.02 Å². The molecule has 6 heteroatoms. The summed E-state index contributed by atoms with van der Waals surface area (Å²) in [7, 11) is 3.31. The molecule has 142 valence electrons. The molecular weight excluding hydrogens is 380 g/mol. The van der Waals surface area contributed by atoms with Crippen LogP contribution in [0.15, 0.2) is 47.8 Å². The van der Waals surface area contributed by atoms with Crippen LogP contribution in [0.3, 0.4) is 0 Å². The number of hydrogen-bond acceptors (Lipinski definition) is 5. The summed E-state index contributed by atoms with van der Waals surface area (Å²) in [6, 6.07) is 13.8. The quantitative estimate of drug-likeness (QED) is 0.498. The molecule has 1 heterocycles. The van der Waals surface area contributed by atoms with Gasteiger partial charge in [0.05, 0.1) is 25.5 Å². The second-order valence-electron chi connectivity index (χ2n) is 6.14. The van der Waals surface area contributed by atoms with Crippen LogP contribution in [0.5, 0.6) is 11.5 Å². The zero-order valence-corrected chi connectivity index (χ0v) is 17.3. The van der Waals surface area contributed by atoms with E-state index in [9.17, 15) is 0 Å². The van der Waals surface area contributed by atoms with E-state index in [-0.39, 0.29) is 0 Å². The van der Waals surface area contributed by atoms with Crippen molar-refractivity contribution in [1.29, 1.82) is 0 Å². The van der Waals surface area contributed by atoms with Crippen molar-refractivity contribution in [3.8, 4) is 22.1 Å². The van der Waals surface area contributed by atoms with Crippen LogP contribution in [-0.2, 0) is 13.1 Å². The Morgan fingerprint density at radius 2 is 1.93 bits per heavy atom. The number of thiazole rings is 1. The number of methoxy groups -OCH3 is 2. The molecule has 0 saturated carbocycles. The molecule has 0 aliphatic carbocycles. The summed E-state index contributed by atoms with van der Waals surface area (Å²) in [6.45, 7) is 4.73. The van der Waals surface area contributed by atoms with Crippen LogP contribution in [-0.4, -0.2) is 30.6 Å². The smallest absolute Gasteiger partial charge is 0.132 e. The fourth-order valence-corrected chi connectivity index (χ4v) is 3.93. The van der Waals surface area contributed by atoms with E-state index >= 15 is 0 Å². The van der Waals surface area contributed by atoms with Crippen molar-refractivity contribution in [2.75, 3.05) is 20.8 Å². The molecule has 0 amide bonds. The SMILES string of the molecule is CCN(Cc1cccc(Cl)c1)Cc1csc(-c2ccc(OC)cc2OC)n1. The summed E-state index contributed by atoms with van der Waals surface area (Å²) in [5.74, 6) is 1.53. The highest BCUT2D eigenvalue weighted by Crippen LogP contribution is 2.35. The van der Waals surface area contributed by atoms with Gasteiger partial charge in [-0.05, 0) is 36.4 Å². The Morgan fingerprint density at radius 1 is 1.07 bits per heavy atom. The van der Waals surface area contributed by atoms with Gasteiger partial charge in [0, 0.05) is 29.6 Å². The molecule has 0 unspecified atom stereocenters. The van der Waals surface area contributed by atoms with Crippen molar-refractivity contribution in [2.45, 2.75) is 20.0 Å². The van der Waals surface area contributed by atoms with E-state index in [0.717, 1.165) is 52.4 Å². The van der Waals surface area contributed by atoms with Crippen molar-refractivity contribution < 1.29 is 9.47 Å². The first kappa shape index (κ1) is 19.7. The molecule has 0 aliphatic rings. The maximum Gasteiger partial charge on any atom is 0.132 e. The Balaban J connectivity index is 1.75. The van der Waals surface area contributed by atoms with Crippen molar-refractivity contribution >= 4 is 22.9 Å². The lowest BCUT2D eigenvalue weighted by atomic mass is 10.2. The predicted molar refractivity (Wildman–Crippen MR) is 112 cm³/mol. The van der Waals surface area contributed by atoms with Gasteiger partial charge in [-0.3, -0.25) is 4.90 Å². The Kier molecular flexibility index (Phi) is 6.72. The van der Waals surface area contributed by atoms with Crippen molar-refractivity contribution in [2.24, 2.45) is 0 Å². The third kappa shape index (κ3) is 5.01. The molecule has 0 radical (unpaired) electrons. The number of hydrogen-bond donors (Lipinski definition) is 0. The van der Waals surface area contributed by atoms with E-state index in [1.807, 2.05) is 36.4 Å². The summed E-state index contributed by atoms with van der Waals surface area (Å²) in [5.41, 5.74) is 3.24. The first-order valence-electron chi connectivity index (χ1n) is 8.76. The molecule has 1 aromatic heterocycles. The molecule has 0 saturated heterocycles. The van der Waals surface area contributed by atoms with Gasteiger partial charge in [-0.15, -0.1) is 11.3 Å². The van der Waals surface area contributed by atoms with Crippen LogP contribution in [0.1, 0.15) is 18.2 Å². The van der Waals surface area contributed by atoms with Gasteiger partial charge in [0.25, 0.3) is 0 Å². The van der Waals surface area contributed by atoms with Gasteiger partial charge in [0.1, 0.15) is 16.5 Å². The van der Waals surface area contributed by atoms with Gasteiger partial charge >= 0.3 is 0 Å². The van der Waals surface area contributed by atoms with Crippen molar-refractivity contribution in [3.05, 3.63) is 64.1 Å². The van der Waals surface area contributed by atoms with Crippen LogP contribution in [0, 0.1) is 0 Å². The van der Waals surface area contributed by atoms with E-state index in [2.05, 4.69) is 23.3 Å². The van der Waals surface area contributed by atoms with Crippen molar-refractivity contribution in [3.63, 3.8) is 0 Å². The van der Waals surface area contributed by atoms with Gasteiger partial charge in [0.15, 0.2) is 0 Å². The molecule has 0 bridgehead atoms. The zero-order chi connectivity index (χ0) is 19.2. The molecule has 27 heavy (non-hydrogen) atoms. The van der Waals surface area contributed by atoms with Crippen LogP contribution in [0.25, 0.3) is 10.6 Å². The number of benzene rings is 2. The van der Waals surface area contributed by atoms with E-state index in [0.29, 0.717) is 0 Å². The van der Waals surface area contributed by atoms with Gasteiger partial charge in [0.2, 0.25) is 0 Å². The summed E-state index contributed by atoms with van der Waals surface area (Å²) < 4.78 is 10.8. The largest absolute Gasteiger partial charge is 0.497 e. The number of nitrogens with zero attached hydrogens (tertiary/aromatic N) is 2. The van der Waals surface area contributed by atoms with E-state index in [4.69, 9.17) is 26.1 Å². The minimum atomic E-state index is 0.765. The molecule has 0 aliphatic heterocycles. The number of aromatic nitrogens is 1. The third-order valence-electron chi connectivity index (χ3n) is 4.32.